The second-order valence-corrected chi connectivity index (χ2v) is 4.89. The maximum absolute atomic E-state index is 11.6. The molecule has 0 spiro atoms. The highest BCUT2D eigenvalue weighted by Crippen LogP contribution is 2.34. The van der Waals surface area contributed by atoms with Crippen LogP contribution in [0.5, 0.6) is 0 Å². The maximum atomic E-state index is 11.6. The van der Waals surface area contributed by atoms with Crippen molar-refractivity contribution in [3.8, 4) is 0 Å². The number of alkyl halides is 1. The lowest BCUT2D eigenvalue weighted by atomic mass is 9.79. The highest BCUT2D eigenvalue weighted by molar-refractivity contribution is 9.09. The first kappa shape index (κ1) is 12.9. The third kappa shape index (κ3) is 2.91. The Bertz CT molecular complexity index is 273. The molecule has 1 rings (SSSR count). The van der Waals surface area contributed by atoms with Crippen molar-refractivity contribution in [2.24, 2.45) is 5.92 Å². The number of hydrogen-bond donors (Lipinski definition) is 0. The van der Waals surface area contributed by atoms with Crippen LogP contribution >= 0.6 is 15.9 Å². The molecule has 2 atom stereocenters. The van der Waals surface area contributed by atoms with Crippen LogP contribution in [-0.2, 0) is 9.53 Å². The highest BCUT2D eigenvalue weighted by atomic mass is 79.9. The third-order valence-corrected chi connectivity index (χ3v) is 4.30. The standard InChI is InChI=1S/C12H19BrO2/c1-4-15-12(3,8-13)10-6-5-9(2)11(14)7-10/h5,10H,4,6-8H2,1-3H3/t10-,12?/m0/s1. The molecule has 0 aromatic rings. The van der Waals surface area contributed by atoms with E-state index in [-0.39, 0.29) is 11.4 Å². The van der Waals surface area contributed by atoms with Gasteiger partial charge in [0, 0.05) is 18.4 Å². The predicted molar refractivity (Wildman–Crippen MR) is 65.3 cm³/mol. The van der Waals surface area contributed by atoms with E-state index in [1.807, 2.05) is 19.9 Å². The first-order valence-electron chi connectivity index (χ1n) is 5.43. The van der Waals surface area contributed by atoms with Crippen LogP contribution in [0.25, 0.3) is 0 Å². The van der Waals surface area contributed by atoms with Crippen LogP contribution in [0.3, 0.4) is 0 Å². The van der Waals surface area contributed by atoms with Crippen LogP contribution in [-0.4, -0.2) is 23.3 Å². The van der Waals surface area contributed by atoms with Gasteiger partial charge < -0.3 is 4.74 Å². The normalized spacial score (nSPS) is 26.0. The van der Waals surface area contributed by atoms with Gasteiger partial charge in [-0.3, -0.25) is 4.79 Å². The summed E-state index contributed by atoms with van der Waals surface area (Å²) in [7, 11) is 0. The first-order chi connectivity index (χ1) is 7.03. The summed E-state index contributed by atoms with van der Waals surface area (Å²) in [5.74, 6) is 0.561. The molecule has 1 aliphatic carbocycles. The number of carbonyl (C=O) groups excluding carboxylic acids is 1. The van der Waals surface area contributed by atoms with Gasteiger partial charge in [0.2, 0.25) is 0 Å². The number of allylic oxidation sites excluding steroid dienone is 2. The Kier molecular flexibility index (Phi) is 4.53. The fourth-order valence-electron chi connectivity index (χ4n) is 1.96. The lowest BCUT2D eigenvalue weighted by Gasteiger charge is -2.37. The minimum absolute atomic E-state index is 0.221. The molecule has 0 heterocycles. The molecule has 1 aliphatic rings. The van der Waals surface area contributed by atoms with Crippen LogP contribution in [0.4, 0.5) is 0 Å². The van der Waals surface area contributed by atoms with E-state index in [9.17, 15) is 4.79 Å². The fraction of sp³-hybridized carbons (Fsp3) is 0.750. The zero-order chi connectivity index (χ0) is 11.5. The second-order valence-electron chi connectivity index (χ2n) is 4.33. The molecule has 1 unspecified atom stereocenters. The summed E-state index contributed by atoms with van der Waals surface area (Å²) >= 11 is 3.49. The van der Waals surface area contributed by atoms with E-state index in [4.69, 9.17) is 4.74 Å². The molecule has 0 bridgehead atoms. The van der Waals surface area contributed by atoms with Gasteiger partial charge in [-0.1, -0.05) is 22.0 Å². The maximum Gasteiger partial charge on any atom is 0.158 e. The van der Waals surface area contributed by atoms with Crippen molar-refractivity contribution in [2.75, 3.05) is 11.9 Å². The van der Waals surface area contributed by atoms with Gasteiger partial charge >= 0.3 is 0 Å². The lowest BCUT2D eigenvalue weighted by Crippen LogP contribution is -2.41. The SMILES string of the molecule is CCOC(C)(CBr)[C@H]1CC=C(C)C(=O)C1. The van der Waals surface area contributed by atoms with Crippen molar-refractivity contribution in [3.63, 3.8) is 0 Å². The van der Waals surface area contributed by atoms with Crippen molar-refractivity contribution >= 4 is 21.7 Å². The van der Waals surface area contributed by atoms with E-state index >= 15 is 0 Å². The van der Waals surface area contributed by atoms with E-state index in [0.717, 1.165) is 17.3 Å². The Morgan fingerprint density at radius 3 is 2.80 bits per heavy atom. The van der Waals surface area contributed by atoms with Gasteiger partial charge in [-0.2, -0.15) is 0 Å². The summed E-state index contributed by atoms with van der Waals surface area (Å²) in [6.45, 7) is 6.66. The van der Waals surface area contributed by atoms with Crippen molar-refractivity contribution in [2.45, 2.75) is 39.2 Å². The van der Waals surface area contributed by atoms with Gasteiger partial charge in [0.15, 0.2) is 5.78 Å². The first-order valence-corrected chi connectivity index (χ1v) is 6.55. The summed E-state index contributed by atoms with van der Waals surface area (Å²) < 4.78 is 5.77. The molecule has 0 fully saturated rings. The lowest BCUT2D eigenvalue weighted by molar-refractivity contribution is -0.121. The smallest absolute Gasteiger partial charge is 0.158 e. The van der Waals surface area contributed by atoms with E-state index in [2.05, 4.69) is 22.9 Å². The van der Waals surface area contributed by atoms with E-state index < -0.39 is 0 Å². The number of hydrogen-bond acceptors (Lipinski definition) is 2. The van der Waals surface area contributed by atoms with Gasteiger partial charge in [-0.05, 0) is 38.7 Å². The second kappa shape index (κ2) is 5.26. The molecule has 0 saturated heterocycles. The Morgan fingerprint density at radius 1 is 1.67 bits per heavy atom. The van der Waals surface area contributed by atoms with Gasteiger partial charge in [0.1, 0.15) is 0 Å². The van der Waals surface area contributed by atoms with Crippen molar-refractivity contribution in [3.05, 3.63) is 11.6 Å². The number of ether oxygens (including phenoxy) is 1. The van der Waals surface area contributed by atoms with Gasteiger partial charge in [0.05, 0.1) is 5.60 Å². The van der Waals surface area contributed by atoms with Crippen LogP contribution < -0.4 is 0 Å². The Balaban J connectivity index is 2.76. The number of ketones is 1. The molecule has 0 aromatic carbocycles. The summed E-state index contributed by atoms with van der Waals surface area (Å²) in [6.07, 6.45) is 3.60. The number of carbonyl (C=O) groups is 1. The molecule has 3 heteroatoms. The fourth-order valence-corrected chi connectivity index (χ4v) is 2.58. The number of halogens is 1. The summed E-state index contributed by atoms with van der Waals surface area (Å²) in [5, 5.41) is 0.776. The minimum Gasteiger partial charge on any atom is -0.374 e. The summed E-state index contributed by atoms with van der Waals surface area (Å²) in [6, 6.07) is 0. The van der Waals surface area contributed by atoms with Crippen molar-refractivity contribution in [1.29, 1.82) is 0 Å². The number of Topliss-reactive ketones (excluding diaryl/α,β-unsaturated/α-hetero) is 1. The van der Waals surface area contributed by atoms with Crippen LogP contribution in [0.2, 0.25) is 0 Å². The molecule has 86 valence electrons. The molecule has 0 aromatic heterocycles. The van der Waals surface area contributed by atoms with Gasteiger partial charge in [-0.15, -0.1) is 0 Å². The van der Waals surface area contributed by atoms with Crippen LogP contribution in [0.1, 0.15) is 33.6 Å². The van der Waals surface area contributed by atoms with Crippen molar-refractivity contribution < 1.29 is 9.53 Å². The molecule has 0 N–H and O–H groups in total. The largest absolute Gasteiger partial charge is 0.374 e. The molecular formula is C12H19BrO2. The minimum atomic E-state index is -0.221. The zero-order valence-electron chi connectivity index (χ0n) is 9.68. The molecule has 0 saturated carbocycles. The third-order valence-electron chi connectivity index (χ3n) is 3.18. The Hall–Kier alpha value is -0.150. The van der Waals surface area contributed by atoms with Gasteiger partial charge in [0.25, 0.3) is 0 Å². The van der Waals surface area contributed by atoms with E-state index in [1.54, 1.807) is 0 Å². The molecule has 15 heavy (non-hydrogen) atoms. The Labute approximate surface area is 100 Å². The molecule has 0 aliphatic heterocycles. The average molecular weight is 275 g/mol. The monoisotopic (exact) mass is 274 g/mol. The molecular weight excluding hydrogens is 256 g/mol. The van der Waals surface area contributed by atoms with E-state index in [0.29, 0.717) is 18.9 Å². The van der Waals surface area contributed by atoms with Crippen molar-refractivity contribution in [1.82, 2.24) is 0 Å². The van der Waals surface area contributed by atoms with Gasteiger partial charge in [-0.25, -0.2) is 0 Å². The predicted octanol–water partition coefficient (Wildman–Crippen LogP) is 3.10. The molecule has 2 nitrogen and oxygen atoms in total. The highest BCUT2D eigenvalue weighted by Gasteiger charge is 2.36. The Morgan fingerprint density at radius 2 is 2.33 bits per heavy atom. The number of rotatable bonds is 4. The summed E-state index contributed by atoms with van der Waals surface area (Å²) in [5.41, 5.74) is 0.682. The molecule has 0 radical (unpaired) electrons. The van der Waals surface area contributed by atoms with E-state index in [1.165, 1.54) is 0 Å². The van der Waals surface area contributed by atoms with Crippen LogP contribution in [0, 0.1) is 5.92 Å². The zero-order valence-corrected chi connectivity index (χ0v) is 11.3. The quantitative estimate of drug-likeness (QED) is 0.737. The topological polar surface area (TPSA) is 26.3 Å². The van der Waals surface area contributed by atoms with Crippen LogP contribution in [0.15, 0.2) is 11.6 Å². The molecule has 0 amide bonds. The average Bonchev–Trinajstić information content (AvgIpc) is 2.22. The summed E-state index contributed by atoms with van der Waals surface area (Å²) in [4.78, 5) is 11.6.